The summed E-state index contributed by atoms with van der Waals surface area (Å²) in [4.78, 5) is 1.08. The van der Waals surface area contributed by atoms with E-state index in [1.165, 1.54) is 17.9 Å². The predicted molar refractivity (Wildman–Crippen MR) is 73.6 cm³/mol. The Kier molecular flexibility index (Phi) is 3.12. The molecule has 0 spiro atoms. The van der Waals surface area contributed by atoms with Crippen molar-refractivity contribution in [3.63, 3.8) is 0 Å². The number of rotatable bonds is 1. The van der Waals surface area contributed by atoms with E-state index >= 15 is 0 Å². The fourth-order valence-corrected chi connectivity index (χ4v) is 3.92. The number of thioether (sulfide) groups is 1. The lowest BCUT2D eigenvalue weighted by Crippen LogP contribution is -1.71. The van der Waals surface area contributed by atoms with Crippen LogP contribution in [0.1, 0.15) is 0 Å². The Morgan fingerprint density at radius 1 is 1.46 bits per heavy atom. The van der Waals surface area contributed by atoms with E-state index < -0.39 is 0 Å². The molecular formula is C9H7IS3. The van der Waals surface area contributed by atoms with Crippen molar-refractivity contribution in [2.75, 3.05) is 6.26 Å². The van der Waals surface area contributed by atoms with Crippen LogP contribution in [0.2, 0.25) is 0 Å². The van der Waals surface area contributed by atoms with Gasteiger partial charge in [-0.2, -0.15) is 0 Å². The average Bonchev–Trinajstić information content (AvgIpc) is 2.56. The standard InChI is InChI=1S/C9H7IS3/c1-12-8-4-5-7(11)3-2-6(10)9(5)13-8/h2-4,11H,1H3. The SMILES string of the molecule is CSc1cc2c(S)ccc(I)c2s1. The van der Waals surface area contributed by atoms with Gasteiger partial charge in [-0.05, 0) is 47.0 Å². The summed E-state index contributed by atoms with van der Waals surface area (Å²) in [6, 6.07) is 6.39. The third-order valence-electron chi connectivity index (χ3n) is 1.79. The first-order valence-electron chi connectivity index (χ1n) is 3.67. The van der Waals surface area contributed by atoms with Gasteiger partial charge in [0, 0.05) is 18.6 Å². The first-order valence-corrected chi connectivity index (χ1v) is 7.24. The van der Waals surface area contributed by atoms with Gasteiger partial charge in [-0.3, -0.25) is 0 Å². The molecule has 0 aliphatic rings. The molecule has 0 nitrogen and oxygen atoms in total. The first kappa shape index (κ1) is 10.1. The number of thiophene rings is 1. The maximum absolute atomic E-state index is 4.44. The topological polar surface area (TPSA) is 0 Å². The van der Waals surface area contributed by atoms with Gasteiger partial charge in [-0.25, -0.2) is 0 Å². The van der Waals surface area contributed by atoms with Gasteiger partial charge in [-0.1, -0.05) is 0 Å². The minimum Gasteiger partial charge on any atom is -0.143 e. The van der Waals surface area contributed by atoms with Crippen LogP contribution in [0.4, 0.5) is 0 Å². The molecule has 0 saturated heterocycles. The lowest BCUT2D eigenvalue weighted by molar-refractivity contribution is 1.56. The molecule has 0 aliphatic heterocycles. The van der Waals surface area contributed by atoms with Crippen LogP contribution in [0.3, 0.4) is 0 Å². The molecule has 0 atom stereocenters. The fourth-order valence-electron chi connectivity index (χ4n) is 1.15. The molecule has 0 amide bonds. The van der Waals surface area contributed by atoms with E-state index in [9.17, 15) is 0 Å². The lowest BCUT2D eigenvalue weighted by atomic mass is 10.3. The van der Waals surface area contributed by atoms with Crippen molar-refractivity contribution in [1.29, 1.82) is 0 Å². The molecule has 2 rings (SSSR count). The van der Waals surface area contributed by atoms with Crippen LogP contribution in [0.25, 0.3) is 10.1 Å². The van der Waals surface area contributed by atoms with Crippen molar-refractivity contribution in [3.05, 3.63) is 21.8 Å². The Labute approximate surface area is 105 Å². The zero-order valence-electron chi connectivity index (χ0n) is 6.87. The van der Waals surface area contributed by atoms with Gasteiger partial charge in [0.2, 0.25) is 0 Å². The maximum atomic E-state index is 4.44. The molecule has 0 N–H and O–H groups in total. The molecule has 13 heavy (non-hydrogen) atoms. The molecule has 4 heteroatoms. The van der Waals surface area contributed by atoms with Crippen LogP contribution < -0.4 is 0 Å². The summed E-state index contributed by atoms with van der Waals surface area (Å²) in [5, 5.41) is 1.28. The first-order chi connectivity index (χ1) is 6.22. The highest BCUT2D eigenvalue weighted by Crippen LogP contribution is 2.37. The van der Waals surface area contributed by atoms with Crippen LogP contribution in [0.15, 0.2) is 27.3 Å². The normalized spacial score (nSPS) is 11.0. The Bertz CT molecular complexity index is 408. The monoisotopic (exact) mass is 338 g/mol. The van der Waals surface area contributed by atoms with Crippen molar-refractivity contribution >= 4 is 68.4 Å². The van der Waals surface area contributed by atoms with Crippen molar-refractivity contribution < 1.29 is 0 Å². The summed E-state index contributed by atoms with van der Waals surface area (Å²) in [6.45, 7) is 0. The number of hydrogen-bond acceptors (Lipinski definition) is 3. The Balaban J connectivity index is 2.80. The molecule has 1 heterocycles. The van der Waals surface area contributed by atoms with Gasteiger partial charge in [0.05, 0.1) is 4.21 Å². The summed E-state index contributed by atoms with van der Waals surface area (Å²) >= 11 is 10.5. The molecule has 0 bridgehead atoms. The number of hydrogen-bond donors (Lipinski definition) is 1. The van der Waals surface area contributed by atoms with Crippen LogP contribution in [-0.2, 0) is 0 Å². The van der Waals surface area contributed by atoms with Gasteiger partial charge in [0.25, 0.3) is 0 Å². The number of benzene rings is 1. The zero-order chi connectivity index (χ0) is 9.42. The van der Waals surface area contributed by atoms with E-state index in [4.69, 9.17) is 0 Å². The molecule has 68 valence electrons. The van der Waals surface area contributed by atoms with Gasteiger partial charge in [0.15, 0.2) is 0 Å². The molecule has 0 saturated carbocycles. The predicted octanol–water partition coefficient (Wildman–Crippen LogP) is 4.52. The average molecular weight is 338 g/mol. The molecule has 0 fully saturated rings. The Morgan fingerprint density at radius 2 is 2.23 bits per heavy atom. The highest BCUT2D eigenvalue weighted by atomic mass is 127. The van der Waals surface area contributed by atoms with E-state index in [2.05, 4.69) is 59.7 Å². The highest BCUT2D eigenvalue weighted by Gasteiger charge is 2.06. The third kappa shape index (κ3) is 1.86. The molecular weight excluding hydrogens is 331 g/mol. The minimum atomic E-state index is 1.08. The van der Waals surface area contributed by atoms with Gasteiger partial charge in [-0.15, -0.1) is 35.7 Å². The van der Waals surface area contributed by atoms with E-state index in [0.29, 0.717) is 0 Å². The fraction of sp³-hybridized carbons (Fsp3) is 0.111. The second-order valence-electron chi connectivity index (χ2n) is 2.58. The molecule has 2 aromatic rings. The van der Waals surface area contributed by atoms with Crippen molar-refractivity contribution in [1.82, 2.24) is 0 Å². The van der Waals surface area contributed by atoms with Gasteiger partial charge < -0.3 is 0 Å². The second kappa shape index (κ2) is 4.00. The molecule has 0 aliphatic carbocycles. The van der Waals surface area contributed by atoms with Crippen LogP contribution >= 0.6 is 58.3 Å². The highest BCUT2D eigenvalue weighted by molar-refractivity contribution is 14.1. The third-order valence-corrected chi connectivity index (χ3v) is 5.68. The molecule has 0 radical (unpaired) electrons. The lowest BCUT2D eigenvalue weighted by Gasteiger charge is -1.95. The van der Waals surface area contributed by atoms with Crippen molar-refractivity contribution in [3.8, 4) is 0 Å². The van der Waals surface area contributed by atoms with E-state index in [1.54, 1.807) is 11.8 Å². The van der Waals surface area contributed by atoms with Crippen LogP contribution in [0.5, 0.6) is 0 Å². The molecule has 1 aromatic carbocycles. The number of thiol groups is 1. The quantitative estimate of drug-likeness (QED) is 0.453. The maximum Gasteiger partial charge on any atom is 0.0609 e. The van der Waals surface area contributed by atoms with E-state index in [0.717, 1.165) is 4.90 Å². The summed E-state index contributed by atoms with van der Waals surface area (Å²) < 4.78 is 4.03. The molecule has 0 unspecified atom stereocenters. The van der Waals surface area contributed by atoms with Crippen LogP contribution in [-0.4, -0.2) is 6.26 Å². The summed E-state index contributed by atoms with van der Waals surface area (Å²) in [6.07, 6.45) is 2.11. The Morgan fingerprint density at radius 3 is 2.85 bits per heavy atom. The van der Waals surface area contributed by atoms with Crippen LogP contribution in [0, 0.1) is 3.57 Å². The smallest absolute Gasteiger partial charge is 0.0609 e. The zero-order valence-corrected chi connectivity index (χ0v) is 11.6. The summed E-state index contributed by atoms with van der Waals surface area (Å²) in [5.74, 6) is 0. The summed E-state index contributed by atoms with van der Waals surface area (Å²) in [5.41, 5.74) is 0. The van der Waals surface area contributed by atoms with Gasteiger partial charge >= 0.3 is 0 Å². The number of halogens is 1. The van der Waals surface area contributed by atoms with E-state index in [-0.39, 0.29) is 0 Å². The van der Waals surface area contributed by atoms with Crippen molar-refractivity contribution in [2.24, 2.45) is 0 Å². The molecule has 1 aromatic heterocycles. The largest absolute Gasteiger partial charge is 0.143 e. The second-order valence-corrected chi connectivity index (χ2v) is 6.38. The van der Waals surface area contributed by atoms with E-state index in [1.807, 2.05) is 11.3 Å². The van der Waals surface area contributed by atoms with Gasteiger partial charge in [0.1, 0.15) is 0 Å². The number of fused-ring (bicyclic) bond motifs is 1. The Hall–Kier alpha value is 0.610. The summed E-state index contributed by atoms with van der Waals surface area (Å²) in [7, 11) is 0. The van der Waals surface area contributed by atoms with Crippen molar-refractivity contribution in [2.45, 2.75) is 9.10 Å². The minimum absolute atomic E-state index is 1.08.